The number of amides is 1. The Morgan fingerprint density at radius 3 is 2.56 bits per heavy atom. The normalized spacial score (nSPS) is 11.1. The van der Waals surface area contributed by atoms with Gasteiger partial charge in [-0.25, -0.2) is 4.79 Å². The van der Waals surface area contributed by atoms with Gasteiger partial charge in [0, 0.05) is 31.8 Å². The van der Waals surface area contributed by atoms with Crippen molar-refractivity contribution in [2.24, 2.45) is 0 Å². The van der Waals surface area contributed by atoms with Crippen LogP contribution in [0.2, 0.25) is 5.28 Å². The number of ether oxygens (including phenoxy) is 2. The van der Waals surface area contributed by atoms with Crippen LogP contribution in [-0.2, 0) is 17.9 Å². The standard InChI is InChI=1S/C23H30ClN5O5/c1-4-5-6-11-28-20-19(26-22(24)27-20)21(31)29(23(28)32)12-7-8-13-34-17-10-9-16(25-15(2)30)14-18(17)33-3/h9-10,14H,4-8,11-13H2,1-3H3,(H,25,30)(H,26,27). The average Bonchev–Trinajstić information content (AvgIpc) is 3.19. The second kappa shape index (κ2) is 11.7. The first-order chi connectivity index (χ1) is 16.3. The van der Waals surface area contributed by atoms with Gasteiger partial charge in [-0.05, 0) is 43.0 Å². The van der Waals surface area contributed by atoms with Gasteiger partial charge in [0.25, 0.3) is 5.56 Å². The zero-order chi connectivity index (χ0) is 24.7. The molecule has 2 aromatic heterocycles. The lowest BCUT2D eigenvalue weighted by atomic mass is 10.2. The Kier molecular flexibility index (Phi) is 8.75. The third kappa shape index (κ3) is 5.99. The highest BCUT2D eigenvalue weighted by Gasteiger charge is 2.16. The van der Waals surface area contributed by atoms with Crippen molar-refractivity contribution in [1.29, 1.82) is 0 Å². The molecule has 11 heteroatoms. The van der Waals surface area contributed by atoms with E-state index >= 15 is 0 Å². The van der Waals surface area contributed by atoms with Gasteiger partial charge < -0.3 is 19.8 Å². The van der Waals surface area contributed by atoms with E-state index in [9.17, 15) is 14.4 Å². The van der Waals surface area contributed by atoms with Gasteiger partial charge in [0.15, 0.2) is 22.7 Å². The molecule has 0 fully saturated rings. The summed E-state index contributed by atoms with van der Waals surface area (Å²) in [5.41, 5.74) is 0.336. The first kappa shape index (κ1) is 25.4. The molecular weight excluding hydrogens is 462 g/mol. The van der Waals surface area contributed by atoms with E-state index in [1.54, 1.807) is 18.2 Å². The Morgan fingerprint density at radius 1 is 1.12 bits per heavy atom. The Bertz CT molecular complexity index is 1260. The second-order valence-corrected chi connectivity index (χ2v) is 8.28. The molecule has 1 aromatic carbocycles. The minimum atomic E-state index is -0.428. The molecule has 1 amide bonds. The van der Waals surface area contributed by atoms with Crippen LogP contribution in [0.3, 0.4) is 0 Å². The molecule has 0 atom stereocenters. The summed E-state index contributed by atoms with van der Waals surface area (Å²) in [6.45, 7) is 4.61. The van der Waals surface area contributed by atoms with Crippen LogP contribution in [0.1, 0.15) is 46.0 Å². The summed E-state index contributed by atoms with van der Waals surface area (Å²) in [5, 5.41) is 2.78. The number of aromatic nitrogens is 4. The molecule has 0 unspecified atom stereocenters. The Labute approximate surface area is 201 Å². The molecular formula is C23H30ClN5O5. The number of unbranched alkanes of at least 4 members (excludes halogenated alkanes) is 3. The molecule has 0 aliphatic rings. The van der Waals surface area contributed by atoms with Gasteiger partial charge in [0.2, 0.25) is 11.2 Å². The molecule has 0 aliphatic heterocycles. The maximum Gasteiger partial charge on any atom is 0.332 e. The number of nitrogens with one attached hydrogen (secondary N) is 2. The van der Waals surface area contributed by atoms with Crippen LogP contribution >= 0.6 is 11.6 Å². The quantitative estimate of drug-likeness (QED) is 0.295. The largest absolute Gasteiger partial charge is 0.493 e. The maximum atomic E-state index is 13.0. The van der Waals surface area contributed by atoms with E-state index in [1.165, 1.54) is 23.2 Å². The number of anilines is 1. The van der Waals surface area contributed by atoms with Crippen molar-refractivity contribution in [3.05, 3.63) is 44.3 Å². The predicted octanol–water partition coefficient (Wildman–Crippen LogP) is 3.56. The van der Waals surface area contributed by atoms with Crippen molar-refractivity contribution in [3.8, 4) is 11.5 Å². The molecule has 2 heterocycles. The highest BCUT2D eigenvalue weighted by Crippen LogP contribution is 2.30. The first-order valence-electron chi connectivity index (χ1n) is 11.3. The summed E-state index contributed by atoms with van der Waals surface area (Å²) in [7, 11) is 1.52. The van der Waals surface area contributed by atoms with Crippen LogP contribution in [0, 0.1) is 0 Å². The van der Waals surface area contributed by atoms with E-state index < -0.39 is 5.56 Å². The molecule has 0 spiro atoms. The predicted molar refractivity (Wildman–Crippen MR) is 131 cm³/mol. The number of hydrogen-bond acceptors (Lipinski definition) is 6. The van der Waals surface area contributed by atoms with Crippen LogP contribution in [0.4, 0.5) is 5.69 Å². The molecule has 34 heavy (non-hydrogen) atoms. The Morgan fingerprint density at radius 2 is 1.85 bits per heavy atom. The third-order valence-corrected chi connectivity index (χ3v) is 5.51. The molecule has 0 saturated heterocycles. The van der Waals surface area contributed by atoms with Crippen molar-refractivity contribution < 1.29 is 14.3 Å². The van der Waals surface area contributed by atoms with E-state index in [1.807, 2.05) is 0 Å². The fourth-order valence-electron chi connectivity index (χ4n) is 3.68. The summed E-state index contributed by atoms with van der Waals surface area (Å²) >= 11 is 5.98. The second-order valence-electron chi connectivity index (χ2n) is 7.93. The highest BCUT2D eigenvalue weighted by molar-refractivity contribution is 6.28. The van der Waals surface area contributed by atoms with Crippen LogP contribution in [0.25, 0.3) is 11.2 Å². The van der Waals surface area contributed by atoms with Crippen molar-refractivity contribution >= 4 is 34.4 Å². The number of hydrogen-bond donors (Lipinski definition) is 2. The number of methoxy groups -OCH3 is 1. The summed E-state index contributed by atoms with van der Waals surface area (Å²) in [6.07, 6.45) is 3.96. The molecule has 2 N–H and O–H groups in total. The maximum absolute atomic E-state index is 13.0. The molecule has 3 aromatic rings. The van der Waals surface area contributed by atoms with E-state index in [-0.39, 0.29) is 28.9 Å². The van der Waals surface area contributed by atoms with Crippen molar-refractivity contribution in [2.75, 3.05) is 19.0 Å². The van der Waals surface area contributed by atoms with Gasteiger partial charge in [-0.15, -0.1) is 0 Å². The Hall–Kier alpha value is -3.27. The van der Waals surface area contributed by atoms with E-state index in [0.29, 0.717) is 48.8 Å². The number of carbonyl (C=O) groups is 1. The number of carbonyl (C=O) groups excluding carboxylic acids is 1. The van der Waals surface area contributed by atoms with E-state index in [0.717, 1.165) is 19.3 Å². The Balaban J connectivity index is 1.66. The first-order valence-corrected chi connectivity index (χ1v) is 11.7. The number of aryl methyl sites for hydroxylation is 1. The lowest BCUT2D eigenvalue weighted by Crippen LogP contribution is -2.40. The van der Waals surface area contributed by atoms with Gasteiger partial charge in [-0.1, -0.05) is 19.8 Å². The molecule has 0 saturated carbocycles. The van der Waals surface area contributed by atoms with Crippen molar-refractivity contribution in [1.82, 2.24) is 19.1 Å². The number of imidazole rings is 1. The summed E-state index contributed by atoms with van der Waals surface area (Å²) in [4.78, 5) is 44.0. The molecule has 10 nitrogen and oxygen atoms in total. The third-order valence-electron chi connectivity index (χ3n) is 5.34. The topological polar surface area (TPSA) is 120 Å². The van der Waals surface area contributed by atoms with E-state index in [4.69, 9.17) is 21.1 Å². The number of nitrogens with zero attached hydrogens (tertiary/aromatic N) is 3. The molecule has 0 bridgehead atoms. The van der Waals surface area contributed by atoms with Crippen LogP contribution in [-0.4, -0.2) is 38.7 Å². The minimum absolute atomic E-state index is 0.0837. The zero-order valence-electron chi connectivity index (χ0n) is 19.6. The summed E-state index contributed by atoms with van der Waals surface area (Å²) < 4.78 is 13.9. The van der Waals surface area contributed by atoms with Crippen LogP contribution in [0.5, 0.6) is 11.5 Å². The van der Waals surface area contributed by atoms with Crippen molar-refractivity contribution in [3.63, 3.8) is 0 Å². The van der Waals surface area contributed by atoms with Crippen LogP contribution < -0.4 is 26.0 Å². The molecule has 0 radical (unpaired) electrons. The fourth-order valence-corrected chi connectivity index (χ4v) is 3.85. The van der Waals surface area contributed by atoms with Crippen molar-refractivity contribution in [2.45, 2.75) is 59.0 Å². The molecule has 3 rings (SSSR count). The molecule has 184 valence electrons. The summed E-state index contributed by atoms with van der Waals surface area (Å²) in [6, 6.07) is 5.13. The van der Waals surface area contributed by atoms with E-state index in [2.05, 4.69) is 22.2 Å². The monoisotopic (exact) mass is 491 g/mol. The fraction of sp³-hybridized carbons (Fsp3) is 0.478. The zero-order valence-corrected chi connectivity index (χ0v) is 20.4. The number of rotatable bonds is 12. The average molecular weight is 492 g/mol. The van der Waals surface area contributed by atoms with Gasteiger partial charge >= 0.3 is 5.69 Å². The van der Waals surface area contributed by atoms with Crippen LogP contribution in [0.15, 0.2) is 27.8 Å². The number of aromatic amines is 1. The SMILES string of the molecule is CCCCCn1c(=O)n(CCCCOc2ccc(NC(C)=O)cc2OC)c(=O)c2[nH]c(Cl)nc21. The minimum Gasteiger partial charge on any atom is -0.493 e. The van der Waals surface area contributed by atoms with Gasteiger partial charge in [0.1, 0.15) is 0 Å². The smallest absolute Gasteiger partial charge is 0.332 e. The summed E-state index contributed by atoms with van der Waals surface area (Å²) in [5.74, 6) is 0.866. The lowest BCUT2D eigenvalue weighted by Gasteiger charge is -2.13. The number of benzene rings is 1. The molecule has 0 aliphatic carbocycles. The number of fused-ring (bicyclic) bond motifs is 1. The van der Waals surface area contributed by atoms with Gasteiger partial charge in [-0.3, -0.25) is 18.7 Å². The highest BCUT2D eigenvalue weighted by atomic mass is 35.5. The lowest BCUT2D eigenvalue weighted by molar-refractivity contribution is -0.114. The number of H-pyrrole nitrogens is 1. The van der Waals surface area contributed by atoms with Gasteiger partial charge in [0.05, 0.1) is 13.7 Å². The number of halogens is 1. The van der Waals surface area contributed by atoms with Gasteiger partial charge in [-0.2, -0.15) is 4.98 Å².